The molecule has 0 saturated heterocycles. The average molecular weight is 316 g/mol. The van der Waals surface area contributed by atoms with Gasteiger partial charge in [-0.15, -0.1) is 0 Å². The molecule has 0 atom stereocenters. The van der Waals surface area contributed by atoms with Gasteiger partial charge in [-0.3, -0.25) is 4.79 Å². The van der Waals surface area contributed by atoms with E-state index in [1.54, 1.807) is 24.4 Å². The van der Waals surface area contributed by atoms with Gasteiger partial charge in [0, 0.05) is 30.3 Å². The third-order valence-electron chi connectivity index (χ3n) is 3.93. The van der Waals surface area contributed by atoms with E-state index in [1.807, 2.05) is 42.6 Å². The van der Waals surface area contributed by atoms with E-state index in [1.165, 1.54) is 0 Å². The van der Waals surface area contributed by atoms with Crippen molar-refractivity contribution in [2.45, 2.75) is 0 Å². The van der Waals surface area contributed by atoms with Crippen molar-refractivity contribution >= 4 is 22.5 Å². The number of fused-ring (bicyclic) bond motifs is 1. The monoisotopic (exact) mass is 316 g/mol. The van der Waals surface area contributed by atoms with Gasteiger partial charge in [-0.05, 0) is 30.3 Å². The second-order valence-electron chi connectivity index (χ2n) is 5.42. The number of hydrogen-bond donors (Lipinski definition) is 2. The average Bonchev–Trinajstić information content (AvgIpc) is 3.06. The Morgan fingerprint density at radius 1 is 1.04 bits per heavy atom. The molecule has 0 amide bonds. The minimum atomic E-state index is -0.234. The summed E-state index contributed by atoms with van der Waals surface area (Å²) in [5, 5.41) is 1.07. The molecule has 5 nitrogen and oxygen atoms in total. The Morgan fingerprint density at radius 2 is 1.92 bits per heavy atom. The van der Waals surface area contributed by atoms with Crippen molar-refractivity contribution in [1.29, 1.82) is 0 Å². The Labute approximate surface area is 139 Å². The molecule has 0 radical (unpaired) electrons. The van der Waals surface area contributed by atoms with Crippen LogP contribution in [-0.4, -0.2) is 20.7 Å². The first-order valence-electron chi connectivity index (χ1n) is 7.53. The van der Waals surface area contributed by atoms with Crippen molar-refractivity contribution in [2.75, 3.05) is 5.73 Å². The van der Waals surface area contributed by atoms with E-state index in [0.717, 1.165) is 22.2 Å². The number of anilines is 1. The minimum Gasteiger partial charge on any atom is -0.383 e. The van der Waals surface area contributed by atoms with Crippen LogP contribution < -0.4 is 5.73 Å². The summed E-state index contributed by atoms with van der Waals surface area (Å²) in [4.78, 5) is 24.4. The first-order chi connectivity index (χ1) is 11.7. The maximum Gasteiger partial charge on any atom is 0.215 e. The predicted molar refractivity (Wildman–Crippen MR) is 95.7 cm³/mol. The Morgan fingerprint density at radius 3 is 2.79 bits per heavy atom. The van der Waals surface area contributed by atoms with Crippen LogP contribution in [0.15, 0.2) is 67.0 Å². The number of carbonyl (C=O) groups excluding carboxylic acids is 1. The number of nitrogen functional groups attached to an aromatic ring is 1. The van der Waals surface area contributed by atoms with Crippen LogP contribution in [0.25, 0.3) is 22.2 Å². The van der Waals surface area contributed by atoms with Gasteiger partial charge in [0.25, 0.3) is 0 Å². The Balaban J connectivity index is 0.00000182. The number of hydrogen-bond acceptors (Lipinski definition) is 4. The maximum atomic E-state index is 12.7. The third kappa shape index (κ3) is 2.32. The van der Waals surface area contributed by atoms with Gasteiger partial charge in [-0.1, -0.05) is 24.3 Å². The molecule has 24 heavy (non-hydrogen) atoms. The SMILES string of the molecule is Nc1ncccc1C(=O)c1cccc(-c2c[nH]c3ccccc23)n1.[HH]. The number of nitrogens with zero attached hydrogens (tertiary/aromatic N) is 2. The molecule has 0 unspecified atom stereocenters. The smallest absolute Gasteiger partial charge is 0.215 e. The zero-order valence-corrected chi connectivity index (χ0v) is 12.7. The molecule has 3 N–H and O–H groups in total. The lowest BCUT2D eigenvalue weighted by molar-refractivity contribution is 0.103. The highest BCUT2D eigenvalue weighted by Crippen LogP contribution is 2.27. The van der Waals surface area contributed by atoms with Crippen molar-refractivity contribution in [3.63, 3.8) is 0 Å². The normalized spacial score (nSPS) is 10.8. The Hall–Kier alpha value is -3.47. The van der Waals surface area contributed by atoms with E-state index < -0.39 is 0 Å². The number of para-hydroxylation sites is 1. The summed E-state index contributed by atoms with van der Waals surface area (Å²) in [5.41, 5.74) is 9.23. The molecule has 0 saturated carbocycles. The first kappa shape index (κ1) is 14.1. The number of pyridine rings is 2. The van der Waals surface area contributed by atoms with Crippen molar-refractivity contribution in [1.82, 2.24) is 15.0 Å². The highest BCUT2D eigenvalue weighted by molar-refractivity contribution is 6.10. The van der Waals surface area contributed by atoms with Crippen LogP contribution in [0.3, 0.4) is 0 Å². The zero-order chi connectivity index (χ0) is 16.5. The number of rotatable bonds is 3. The van der Waals surface area contributed by atoms with Crippen LogP contribution in [0.2, 0.25) is 0 Å². The second kappa shape index (κ2) is 5.62. The minimum absolute atomic E-state index is 0. The second-order valence-corrected chi connectivity index (χ2v) is 5.42. The van der Waals surface area contributed by atoms with Gasteiger partial charge >= 0.3 is 0 Å². The molecule has 118 valence electrons. The zero-order valence-electron chi connectivity index (χ0n) is 12.7. The van der Waals surface area contributed by atoms with Crippen molar-refractivity contribution < 1.29 is 6.22 Å². The molecule has 0 aliphatic rings. The number of aromatic amines is 1. The first-order valence-corrected chi connectivity index (χ1v) is 7.53. The standard InChI is InChI=1S/C19H14N4O.H2/c20-19-13(6-4-10-21-19)18(24)17-9-3-8-16(23-17)14-11-22-15-7-2-1-5-12(14)15;/h1-11,22H,(H2,20,21);1H. The maximum absolute atomic E-state index is 12.7. The molecular formula is C19H16N4O. The number of ketones is 1. The quantitative estimate of drug-likeness (QED) is 0.565. The Kier molecular flexibility index (Phi) is 3.31. The van der Waals surface area contributed by atoms with E-state index in [-0.39, 0.29) is 13.0 Å². The molecule has 0 aliphatic carbocycles. The molecular weight excluding hydrogens is 300 g/mol. The van der Waals surface area contributed by atoms with Gasteiger partial charge in [-0.2, -0.15) is 0 Å². The summed E-state index contributed by atoms with van der Waals surface area (Å²) in [5.74, 6) is -0.0240. The molecule has 4 aromatic rings. The van der Waals surface area contributed by atoms with E-state index in [0.29, 0.717) is 11.3 Å². The van der Waals surface area contributed by atoms with E-state index in [4.69, 9.17) is 5.73 Å². The fourth-order valence-electron chi connectivity index (χ4n) is 2.74. The summed E-state index contributed by atoms with van der Waals surface area (Å²) in [7, 11) is 0. The van der Waals surface area contributed by atoms with Gasteiger partial charge in [0.15, 0.2) is 0 Å². The van der Waals surface area contributed by atoms with Gasteiger partial charge in [0.1, 0.15) is 11.5 Å². The van der Waals surface area contributed by atoms with Crippen molar-refractivity contribution in [3.05, 3.63) is 78.2 Å². The van der Waals surface area contributed by atoms with Gasteiger partial charge in [0.2, 0.25) is 5.78 Å². The number of aromatic nitrogens is 3. The van der Waals surface area contributed by atoms with Crippen molar-refractivity contribution in [2.24, 2.45) is 0 Å². The van der Waals surface area contributed by atoms with Crippen LogP contribution in [0, 0.1) is 0 Å². The molecule has 0 spiro atoms. The van der Waals surface area contributed by atoms with Crippen LogP contribution in [-0.2, 0) is 0 Å². The van der Waals surface area contributed by atoms with Gasteiger partial charge in [-0.25, -0.2) is 9.97 Å². The van der Waals surface area contributed by atoms with E-state index >= 15 is 0 Å². The largest absolute Gasteiger partial charge is 0.383 e. The lowest BCUT2D eigenvalue weighted by atomic mass is 10.1. The van der Waals surface area contributed by atoms with Crippen LogP contribution in [0.1, 0.15) is 17.5 Å². The van der Waals surface area contributed by atoms with Crippen molar-refractivity contribution in [3.8, 4) is 11.3 Å². The highest BCUT2D eigenvalue weighted by atomic mass is 16.1. The Bertz CT molecular complexity index is 1060. The number of nitrogens with two attached hydrogens (primary N) is 1. The molecule has 3 aromatic heterocycles. The van der Waals surface area contributed by atoms with Gasteiger partial charge < -0.3 is 10.7 Å². The fourth-order valence-corrected chi connectivity index (χ4v) is 2.74. The predicted octanol–water partition coefficient (Wildman–Crippen LogP) is 3.68. The molecule has 5 heteroatoms. The highest BCUT2D eigenvalue weighted by Gasteiger charge is 2.15. The summed E-state index contributed by atoms with van der Waals surface area (Å²) < 4.78 is 0. The third-order valence-corrected chi connectivity index (χ3v) is 3.93. The number of carbonyl (C=O) groups is 1. The lowest BCUT2D eigenvalue weighted by Gasteiger charge is -2.05. The molecule has 1 aromatic carbocycles. The molecule has 0 bridgehead atoms. The van der Waals surface area contributed by atoms with Crippen LogP contribution in [0.5, 0.6) is 0 Å². The number of H-pyrrole nitrogens is 1. The number of benzene rings is 1. The summed E-state index contributed by atoms with van der Waals surface area (Å²) in [6, 6.07) is 16.7. The number of nitrogens with one attached hydrogen (secondary N) is 1. The van der Waals surface area contributed by atoms with Gasteiger partial charge in [0.05, 0.1) is 11.3 Å². The fraction of sp³-hybridized carbons (Fsp3) is 0. The molecule has 4 rings (SSSR count). The van der Waals surface area contributed by atoms with E-state index in [9.17, 15) is 4.79 Å². The summed E-state index contributed by atoms with van der Waals surface area (Å²) in [6.07, 6.45) is 3.46. The lowest BCUT2D eigenvalue weighted by Crippen LogP contribution is -2.08. The molecule has 3 heterocycles. The van der Waals surface area contributed by atoms with E-state index in [2.05, 4.69) is 15.0 Å². The molecule has 0 aliphatic heterocycles. The topological polar surface area (TPSA) is 84.7 Å². The molecule has 0 fully saturated rings. The summed E-state index contributed by atoms with van der Waals surface area (Å²) >= 11 is 0. The van der Waals surface area contributed by atoms with Crippen LogP contribution in [0.4, 0.5) is 5.82 Å². The van der Waals surface area contributed by atoms with Crippen LogP contribution >= 0.6 is 0 Å². The summed E-state index contributed by atoms with van der Waals surface area (Å²) in [6.45, 7) is 0.